The van der Waals surface area contributed by atoms with E-state index in [-0.39, 0.29) is 5.56 Å². The molecule has 3 heterocycles. The molecule has 0 spiro atoms. The van der Waals surface area contributed by atoms with E-state index in [1.807, 2.05) is 0 Å². The van der Waals surface area contributed by atoms with E-state index in [1.165, 1.54) is 13.0 Å². The number of aromatic hydroxyl groups is 5. The van der Waals surface area contributed by atoms with Gasteiger partial charge in [-0.2, -0.15) is 0 Å². The molecule has 2 aromatic carbocycles. The van der Waals surface area contributed by atoms with Crippen molar-refractivity contribution in [3.8, 4) is 45.8 Å². The predicted molar refractivity (Wildman–Crippen MR) is 142 cm³/mol. The van der Waals surface area contributed by atoms with Gasteiger partial charge in [-0.3, -0.25) is 4.79 Å². The average Bonchev–Trinajstić information content (AvgIpc) is 2.99. The molecule has 0 amide bonds. The molecule has 17 heteroatoms. The quantitative estimate of drug-likeness (QED) is 0.132. The second-order valence-electron chi connectivity index (χ2n) is 10.4. The van der Waals surface area contributed by atoms with Crippen molar-refractivity contribution in [2.75, 3.05) is 6.61 Å². The molecule has 11 N–H and O–H groups in total. The molecule has 240 valence electrons. The monoisotopic (exact) mass is 626 g/mol. The molecule has 3 aromatic rings. The Labute approximate surface area is 246 Å². The van der Waals surface area contributed by atoms with Crippen LogP contribution < -0.4 is 10.2 Å². The Morgan fingerprint density at radius 1 is 0.727 bits per heavy atom. The summed E-state index contributed by atoms with van der Waals surface area (Å²) in [5, 5.41) is 111. The average molecular weight is 627 g/mol. The molecular weight excluding hydrogens is 596 g/mol. The first-order valence-electron chi connectivity index (χ1n) is 13.2. The SMILES string of the molecule is CC1OC(OCC2OC(Oc3c(-c4ccc(O)c(O)c4)oc4cc(O)c(O)c(O)c4c3=O)C(O)C(O)C2O)C(O)C(O)C1O. The minimum atomic E-state index is -2.02. The van der Waals surface area contributed by atoms with Crippen LogP contribution in [-0.2, 0) is 14.2 Å². The van der Waals surface area contributed by atoms with Gasteiger partial charge in [0.2, 0.25) is 23.2 Å². The third-order valence-electron chi connectivity index (χ3n) is 7.44. The molecule has 2 aliphatic rings. The normalized spacial score (nSPS) is 32.5. The standard InChI is InChI=1S/C27H30O17/c1-7-15(31)20(36)22(38)26(41-7)40-6-13-17(33)21(37)23(39)27(43-13)44-25-19(35)14-12(5-11(30)16(32)18(14)34)42-24(25)8-2-3-9(28)10(29)4-8/h2-5,7,13,15,17,20-23,26-34,36-39H,6H2,1H3. The van der Waals surface area contributed by atoms with Crippen LogP contribution in [0.5, 0.6) is 34.5 Å². The molecule has 44 heavy (non-hydrogen) atoms. The van der Waals surface area contributed by atoms with E-state index < -0.39 is 125 Å². The maximum Gasteiger partial charge on any atom is 0.239 e. The van der Waals surface area contributed by atoms with Crippen LogP contribution in [0.15, 0.2) is 33.5 Å². The fraction of sp³-hybridized carbons (Fsp3) is 0.444. The smallest absolute Gasteiger partial charge is 0.239 e. The van der Waals surface area contributed by atoms with Crippen molar-refractivity contribution in [1.29, 1.82) is 0 Å². The van der Waals surface area contributed by atoms with Gasteiger partial charge in [0, 0.05) is 11.6 Å². The van der Waals surface area contributed by atoms with Crippen molar-refractivity contribution < 1.29 is 79.5 Å². The molecule has 1 aromatic heterocycles. The zero-order valence-corrected chi connectivity index (χ0v) is 22.7. The predicted octanol–water partition coefficient (Wildman–Crippen LogP) is -1.98. The Kier molecular flexibility index (Phi) is 8.51. The van der Waals surface area contributed by atoms with Crippen molar-refractivity contribution in [1.82, 2.24) is 0 Å². The van der Waals surface area contributed by atoms with E-state index in [0.29, 0.717) is 0 Å². The van der Waals surface area contributed by atoms with Gasteiger partial charge in [-0.15, -0.1) is 0 Å². The largest absolute Gasteiger partial charge is 0.504 e. The van der Waals surface area contributed by atoms with Crippen molar-refractivity contribution in [2.24, 2.45) is 0 Å². The number of hydrogen-bond acceptors (Lipinski definition) is 17. The first kappa shape index (κ1) is 31.5. The summed E-state index contributed by atoms with van der Waals surface area (Å²) < 4.78 is 27.7. The molecule has 10 atom stereocenters. The van der Waals surface area contributed by atoms with Gasteiger partial charge in [0.1, 0.15) is 53.7 Å². The number of hydrogen-bond donors (Lipinski definition) is 11. The highest BCUT2D eigenvalue weighted by molar-refractivity contribution is 5.91. The maximum absolute atomic E-state index is 13.6. The minimum absolute atomic E-state index is 0.0922. The molecule has 2 fully saturated rings. The number of phenolic OH excluding ortho intramolecular Hbond substituents is 5. The van der Waals surface area contributed by atoms with Crippen LogP contribution in [0.3, 0.4) is 0 Å². The van der Waals surface area contributed by atoms with E-state index in [4.69, 9.17) is 23.4 Å². The Hall–Kier alpha value is -3.91. The number of fused-ring (bicyclic) bond motifs is 1. The summed E-state index contributed by atoms with van der Waals surface area (Å²) in [7, 11) is 0. The summed E-state index contributed by atoms with van der Waals surface area (Å²) in [4.78, 5) is 13.6. The summed E-state index contributed by atoms with van der Waals surface area (Å²) in [6, 6.07) is 4.03. The minimum Gasteiger partial charge on any atom is -0.504 e. The van der Waals surface area contributed by atoms with Gasteiger partial charge in [0.25, 0.3) is 0 Å². The van der Waals surface area contributed by atoms with E-state index in [2.05, 4.69) is 0 Å². The van der Waals surface area contributed by atoms with E-state index in [9.17, 15) is 61.0 Å². The molecule has 0 saturated carbocycles. The van der Waals surface area contributed by atoms with Gasteiger partial charge >= 0.3 is 0 Å². The van der Waals surface area contributed by atoms with Crippen molar-refractivity contribution >= 4 is 11.0 Å². The van der Waals surface area contributed by atoms with Crippen LogP contribution in [0.4, 0.5) is 0 Å². The topological polar surface area (TPSA) is 290 Å². The highest BCUT2D eigenvalue weighted by atomic mass is 16.7. The molecule has 0 bridgehead atoms. The van der Waals surface area contributed by atoms with Crippen LogP contribution in [0.25, 0.3) is 22.3 Å². The molecule has 0 radical (unpaired) electrons. The molecule has 10 unspecified atom stereocenters. The maximum atomic E-state index is 13.6. The number of benzene rings is 2. The number of aliphatic hydroxyl groups is 6. The van der Waals surface area contributed by atoms with Crippen molar-refractivity contribution in [3.63, 3.8) is 0 Å². The van der Waals surface area contributed by atoms with Crippen LogP contribution in [-0.4, -0.2) is 124 Å². The van der Waals surface area contributed by atoms with Crippen molar-refractivity contribution in [3.05, 3.63) is 34.5 Å². The summed E-state index contributed by atoms with van der Waals surface area (Å²) in [6.45, 7) is 0.770. The Balaban J connectivity index is 1.50. The van der Waals surface area contributed by atoms with Crippen LogP contribution >= 0.6 is 0 Å². The summed E-state index contributed by atoms with van der Waals surface area (Å²) in [6.07, 6.45) is -16.5. The fourth-order valence-electron chi connectivity index (χ4n) is 4.86. The molecule has 5 rings (SSSR count). The van der Waals surface area contributed by atoms with Crippen molar-refractivity contribution in [2.45, 2.75) is 68.3 Å². The van der Waals surface area contributed by atoms with Crippen LogP contribution in [0.2, 0.25) is 0 Å². The summed E-state index contributed by atoms with van der Waals surface area (Å²) in [5.41, 5.74) is -1.71. The van der Waals surface area contributed by atoms with Gasteiger partial charge in [0.05, 0.1) is 12.7 Å². The Bertz CT molecular complexity index is 1590. The van der Waals surface area contributed by atoms with Gasteiger partial charge in [-0.25, -0.2) is 0 Å². The lowest BCUT2D eigenvalue weighted by atomic mass is 9.98. The summed E-state index contributed by atoms with van der Waals surface area (Å²) >= 11 is 0. The van der Waals surface area contributed by atoms with E-state index >= 15 is 0 Å². The van der Waals surface area contributed by atoms with Gasteiger partial charge in [0.15, 0.2) is 35.0 Å². The number of rotatable bonds is 6. The lowest BCUT2D eigenvalue weighted by molar-refractivity contribution is -0.318. The van der Waals surface area contributed by atoms with Gasteiger partial charge in [-0.05, 0) is 25.1 Å². The van der Waals surface area contributed by atoms with Gasteiger partial charge in [-0.1, -0.05) is 0 Å². The van der Waals surface area contributed by atoms with Crippen LogP contribution in [0, 0.1) is 0 Å². The lowest BCUT2D eigenvalue weighted by Gasteiger charge is -2.42. The zero-order chi connectivity index (χ0) is 32.2. The molecule has 2 aliphatic heterocycles. The van der Waals surface area contributed by atoms with E-state index in [0.717, 1.165) is 18.2 Å². The molecule has 2 saturated heterocycles. The zero-order valence-electron chi connectivity index (χ0n) is 22.7. The van der Waals surface area contributed by atoms with Gasteiger partial charge < -0.3 is 79.5 Å². The first-order valence-corrected chi connectivity index (χ1v) is 13.2. The first-order chi connectivity index (χ1) is 20.7. The Morgan fingerprint density at radius 3 is 2.07 bits per heavy atom. The second kappa shape index (κ2) is 11.9. The van der Waals surface area contributed by atoms with Crippen LogP contribution in [0.1, 0.15) is 6.92 Å². The third-order valence-corrected chi connectivity index (χ3v) is 7.44. The number of aliphatic hydroxyl groups excluding tert-OH is 6. The lowest BCUT2D eigenvalue weighted by Crippen LogP contribution is -2.61. The third kappa shape index (κ3) is 5.45. The fourth-order valence-corrected chi connectivity index (χ4v) is 4.86. The second-order valence-corrected chi connectivity index (χ2v) is 10.4. The Morgan fingerprint density at radius 2 is 1.39 bits per heavy atom. The molecular formula is C27H30O17. The number of ether oxygens (including phenoxy) is 4. The highest BCUT2D eigenvalue weighted by Gasteiger charge is 2.48. The summed E-state index contributed by atoms with van der Waals surface area (Å²) in [5.74, 6) is -5.45. The number of phenols is 5. The molecule has 17 nitrogen and oxygen atoms in total. The highest BCUT2D eigenvalue weighted by Crippen LogP contribution is 2.44. The molecule has 0 aliphatic carbocycles. The van der Waals surface area contributed by atoms with E-state index in [1.54, 1.807) is 0 Å².